The van der Waals surface area contributed by atoms with E-state index in [2.05, 4.69) is 21.3 Å². The number of aromatic nitrogens is 1. The SMILES string of the molecule is COc1ccc(S(=O)(=O)NNc2nc(-c3ccc(C#N)cc3)cs2)cc1. The molecule has 0 bridgehead atoms. The number of nitriles is 1. The van der Waals surface area contributed by atoms with Gasteiger partial charge in [-0.1, -0.05) is 12.1 Å². The molecule has 0 fully saturated rings. The zero-order valence-corrected chi connectivity index (χ0v) is 15.3. The number of anilines is 1. The molecule has 0 unspecified atom stereocenters. The first-order chi connectivity index (χ1) is 12.5. The van der Waals surface area contributed by atoms with E-state index in [1.54, 1.807) is 41.8 Å². The van der Waals surface area contributed by atoms with E-state index in [1.165, 1.54) is 30.6 Å². The normalized spacial score (nSPS) is 10.9. The Hall–Kier alpha value is -2.93. The lowest BCUT2D eigenvalue weighted by atomic mass is 10.1. The highest BCUT2D eigenvalue weighted by Gasteiger charge is 2.14. The zero-order valence-electron chi connectivity index (χ0n) is 13.6. The maximum atomic E-state index is 12.3. The molecule has 2 aromatic carbocycles. The van der Waals surface area contributed by atoms with Crippen LogP contribution in [0, 0.1) is 11.3 Å². The van der Waals surface area contributed by atoms with Crippen molar-refractivity contribution in [3.63, 3.8) is 0 Å². The lowest BCUT2D eigenvalue weighted by Gasteiger charge is -2.07. The first-order valence-corrected chi connectivity index (χ1v) is 9.76. The van der Waals surface area contributed by atoms with Crippen molar-refractivity contribution >= 4 is 26.5 Å². The zero-order chi connectivity index (χ0) is 18.6. The molecule has 0 saturated heterocycles. The Morgan fingerprint density at radius 2 is 1.81 bits per heavy atom. The summed E-state index contributed by atoms with van der Waals surface area (Å²) < 4.78 is 29.6. The second-order valence-electron chi connectivity index (χ2n) is 5.13. The Balaban J connectivity index is 1.69. The third kappa shape index (κ3) is 4.00. The average molecular weight is 386 g/mol. The lowest BCUT2D eigenvalue weighted by molar-refractivity contribution is 0.414. The molecular formula is C17H14N4O3S2. The Morgan fingerprint density at radius 1 is 1.12 bits per heavy atom. The second-order valence-corrected chi connectivity index (χ2v) is 7.67. The summed E-state index contributed by atoms with van der Waals surface area (Å²) in [5.74, 6) is 0.573. The van der Waals surface area contributed by atoms with E-state index in [4.69, 9.17) is 10.00 Å². The van der Waals surface area contributed by atoms with Crippen LogP contribution < -0.4 is 15.0 Å². The summed E-state index contributed by atoms with van der Waals surface area (Å²) in [6, 6.07) is 15.1. The summed E-state index contributed by atoms with van der Waals surface area (Å²) in [6.07, 6.45) is 0. The van der Waals surface area contributed by atoms with Crippen molar-refractivity contribution in [2.45, 2.75) is 4.90 Å². The number of nitrogens with zero attached hydrogens (tertiary/aromatic N) is 2. The van der Waals surface area contributed by atoms with E-state index in [1.807, 2.05) is 0 Å². The number of thiazole rings is 1. The molecule has 0 radical (unpaired) electrons. The molecular weight excluding hydrogens is 372 g/mol. The molecule has 0 aliphatic rings. The predicted molar refractivity (Wildman–Crippen MR) is 99.2 cm³/mol. The molecule has 1 heterocycles. The Bertz CT molecular complexity index is 1040. The molecule has 0 atom stereocenters. The second kappa shape index (κ2) is 7.53. The van der Waals surface area contributed by atoms with Gasteiger partial charge in [0, 0.05) is 10.9 Å². The van der Waals surface area contributed by atoms with Crippen LogP contribution in [0.2, 0.25) is 0 Å². The fourth-order valence-electron chi connectivity index (χ4n) is 2.10. The van der Waals surface area contributed by atoms with Crippen molar-refractivity contribution in [3.05, 3.63) is 59.5 Å². The van der Waals surface area contributed by atoms with Gasteiger partial charge in [-0.3, -0.25) is 5.43 Å². The van der Waals surface area contributed by atoms with Crippen molar-refractivity contribution in [3.8, 4) is 23.1 Å². The van der Waals surface area contributed by atoms with Crippen molar-refractivity contribution in [1.29, 1.82) is 5.26 Å². The molecule has 3 aromatic rings. The van der Waals surface area contributed by atoms with E-state index in [-0.39, 0.29) is 4.90 Å². The van der Waals surface area contributed by atoms with Crippen LogP contribution in [0.3, 0.4) is 0 Å². The van der Waals surface area contributed by atoms with Crippen LogP contribution in [0.15, 0.2) is 58.8 Å². The standard InChI is InChI=1S/C17H14N4O3S2/c1-24-14-6-8-15(9-7-14)26(22,23)21-20-17-19-16(11-25-17)13-4-2-12(10-18)3-5-13/h2-9,11,21H,1H3,(H,19,20). The topological polar surface area (TPSA) is 104 Å². The summed E-state index contributed by atoms with van der Waals surface area (Å²) in [7, 11) is -2.22. The van der Waals surface area contributed by atoms with Crippen LogP contribution in [0.25, 0.3) is 11.3 Å². The van der Waals surface area contributed by atoms with Gasteiger partial charge in [0.05, 0.1) is 29.3 Å². The molecule has 0 aliphatic heterocycles. The van der Waals surface area contributed by atoms with Crippen molar-refractivity contribution in [2.75, 3.05) is 12.5 Å². The number of rotatable bonds is 6. The highest BCUT2D eigenvalue weighted by Crippen LogP contribution is 2.25. The predicted octanol–water partition coefficient (Wildman–Crippen LogP) is 3.00. The number of hydrazine groups is 1. The summed E-state index contributed by atoms with van der Waals surface area (Å²) >= 11 is 1.26. The van der Waals surface area contributed by atoms with Gasteiger partial charge in [0.25, 0.3) is 10.0 Å². The van der Waals surface area contributed by atoms with Crippen LogP contribution >= 0.6 is 11.3 Å². The largest absolute Gasteiger partial charge is 0.497 e. The Kier molecular flexibility index (Phi) is 5.18. The van der Waals surface area contributed by atoms with Gasteiger partial charge in [0.15, 0.2) is 5.13 Å². The van der Waals surface area contributed by atoms with Crippen LogP contribution in [0.1, 0.15) is 5.56 Å². The quantitative estimate of drug-likeness (QED) is 0.631. The maximum Gasteiger partial charge on any atom is 0.257 e. The third-order valence-corrected chi connectivity index (χ3v) is 5.50. The van der Waals surface area contributed by atoms with Crippen LogP contribution in [-0.4, -0.2) is 20.5 Å². The Morgan fingerprint density at radius 3 is 2.42 bits per heavy atom. The van der Waals surface area contributed by atoms with Crippen molar-refractivity contribution in [1.82, 2.24) is 9.82 Å². The molecule has 132 valence electrons. The molecule has 0 amide bonds. The van der Waals surface area contributed by atoms with Crippen LogP contribution in [0.5, 0.6) is 5.75 Å². The highest BCUT2D eigenvalue weighted by atomic mass is 32.2. The molecule has 0 aliphatic carbocycles. The van der Waals surface area contributed by atoms with Crippen LogP contribution in [0.4, 0.5) is 5.13 Å². The smallest absolute Gasteiger partial charge is 0.257 e. The minimum Gasteiger partial charge on any atom is -0.497 e. The number of ether oxygens (including phenoxy) is 1. The highest BCUT2D eigenvalue weighted by molar-refractivity contribution is 7.89. The molecule has 0 spiro atoms. The summed E-state index contributed by atoms with van der Waals surface area (Å²) in [5.41, 5.74) is 4.70. The van der Waals surface area contributed by atoms with E-state index < -0.39 is 10.0 Å². The van der Waals surface area contributed by atoms with Crippen molar-refractivity contribution < 1.29 is 13.2 Å². The molecule has 7 nitrogen and oxygen atoms in total. The number of hydrogen-bond donors (Lipinski definition) is 2. The van der Waals surface area contributed by atoms with Gasteiger partial charge >= 0.3 is 0 Å². The van der Waals surface area contributed by atoms with E-state index in [9.17, 15) is 8.42 Å². The first kappa shape index (κ1) is 17.9. The van der Waals surface area contributed by atoms with Gasteiger partial charge in [-0.15, -0.1) is 16.2 Å². The van der Waals surface area contributed by atoms with Gasteiger partial charge in [-0.25, -0.2) is 13.4 Å². The van der Waals surface area contributed by atoms with E-state index >= 15 is 0 Å². The maximum absolute atomic E-state index is 12.3. The van der Waals surface area contributed by atoms with Gasteiger partial charge in [-0.05, 0) is 36.4 Å². The van der Waals surface area contributed by atoms with Gasteiger partial charge in [0.2, 0.25) is 0 Å². The number of nitrogens with one attached hydrogen (secondary N) is 2. The molecule has 26 heavy (non-hydrogen) atoms. The van der Waals surface area contributed by atoms with Crippen molar-refractivity contribution in [2.24, 2.45) is 0 Å². The number of hydrogen-bond acceptors (Lipinski definition) is 7. The number of benzene rings is 2. The average Bonchev–Trinajstić information content (AvgIpc) is 3.16. The van der Waals surface area contributed by atoms with Gasteiger partial charge in [-0.2, -0.15) is 5.26 Å². The van der Waals surface area contributed by atoms with E-state index in [0.29, 0.717) is 22.1 Å². The van der Waals surface area contributed by atoms with Crippen LogP contribution in [-0.2, 0) is 10.0 Å². The van der Waals surface area contributed by atoms with Gasteiger partial charge < -0.3 is 4.74 Å². The fourth-order valence-corrected chi connectivity index (χ4v) is 3.68. The molecule has 1 aromatic heterocycles. The minimum atomic E-state index is -3.73. The minimum absolute atomic E-state index is 0.106. The fraction of sp³-hybridized carbons (Fsp3) is 0.0588. The molecule has 0 saturated carbocycles. The Labute approximate surface area is 154 Å². The molecule has 9 heteroatoms. The number of sulfonamides is 1. The monoisotopic (exact) mass is 386 g/mol. The van der Waals surface area contributed by atoms with E-state index in [0.717, 1.165) is 5.56 Å². The lowest BCUT2D eigenvalue weighted by Crippen LogP contribution is -2.29. The third-order valence-electron chi connectivity index (χ3n) is 3.48. The summed E-state index contributed by atoms with van der Waals surface area (Å²) in [5, 5.41) is 11.0. The first-order valence-electron chi connectivity index (χ1n) is 7.40. The summed E-state index contributed by atoms with van der Waals surface area (Å²) in [4.78, 5) is 6.74. The summed E-state index contributed by atoms with van der Waals surface area (Å²) in [6.45, 7) is 0. The molecule has 2 N–H and O–H groups in total. The molecule has 3 rings (SSSR count). The van der Waals surface area contributed by atoms with Gasteiger partial charge in [0.1, 0.15) is 5.75 Å². The number of methoxy groups -OCH3 is 1.